The van der Waals surface area contributed by atoms with Crippen molar-refractivity contribution in [3.63, 3.8) is 0 Å². The van der Waals surface area contributed by atoms with Crippen LogP contribution < -0.4 is 5.32 Å². The first-order valence-corrected chi connectivity index (χ1v) is 11.0. The molecule has 1 saturated heterocycles. The number of nitrogens with zero attached hydrogens (tertiary/aromatic N) is 2. The van der Waals surface area contributed by atoms with E-state index in [0.717, 1.165) is 49.9 Å². The Hall–Kier alpha value is -2.66. The van der Waals surface area contributed by atoms with Crippen molar-refractivity contribution in [1.29, 1.82) is 0 Å². The Balaban J connectivity index is 1.24. The molecule has 5 heteroatoms. The number of amides is 2. The lowest BCUT2D eigenvalue weighted by Gasteiger charge is -2.34. The largest absolute Gasteiger partial charge is 0.349 e. The van der Waals surface area contributed by atoms with Crippen LogP contribution in [0.25, 0.3) is 0 Å². The summed E-state index contributed by atoms with van der Waals surface area (Å²) in [5.41, 5.74) is 4.55. The molecule has 2 aromatic rings. The van der Waals surface area contributed by atoms with E-state index in [9.17, 15) is 9.59 Å². The van der Waals surface area contributed by atoms with Crippen molar-refractivity contribution in [3.05, 3.63) is 70.8 Å². The SMILES string of the molecule is Cc1ccccc1C(=O)NC1CCN(C(=O)CN2CCc3ccccc3CC2)CC1. The van der Waals surface area contributed by atoms with Gasteiger partial charge in [0.2, 0.25) is 5.91 Å². The van der Waals surface area contributed by atoms with E-state index in [1.54, 1.807) is 0 Å². The Bertz CT molecular complexity index is 876. The van der Waals surface area contributed by atoms with E-state index in [2.05, 4.69) is 34.5 Å². The molecule has 1 fully saturated rings. The molecule has 0 spiro atoms. The fourth-order valence-corrected chi connectivity index (χ4v) is 4.53. The summed E-state index contributed by atoms with van der Waals surface area (Å²) in [7, 11) is 0. The molecular weight excluding hydrogens is 374 g/mol. The number of likely N-dealkylation sites (tertiary alicyclic amines) is 1. The van der Waals surface area contributed by atoms with Crippen LogP contribution in [0.2, 0.25) is 0 Å². The zero-order valence-electron chi connectivity index (χ0n) is 17.8. The molecule has 2 aliphatic rings. The van der Waals surface area contributed by atoms with E-state index in [0.29, 0.717) is 19.6 Å². The molecule has 0 saturated carbocycles. The van der Waals surface area contributed by atoms with Crippen molar-refractivity contribution in [2.24, 2.45) is 0 Å². The Kier molecular flexibility index (Phi) is 6.48. The number of hydrogen-bond donors (Lipinski definition) is 1. The molecule has 0 unspecified atom stereocenters. The lowest BCUT2D eigenvalue weighted by Crippen LogP contribution is -2.49. The number of hydrogen-bond acceptors (Lipinski definition) is 3. The summed E-state index contributed by atoms with van der Waals surface area (Å²) in [5, 5.41) is 3.15. The molecule has 1 N–H and O–H groups in total. The Morgan fingerprint density at radius 3 is 2.13 bits per heavy atom. The molecule has 0 aromatic heterocycles. The molecule has 30 heavy (non-hydrogen) atoms. The van der Waals surface area contributed by atoms with Crippen molar-refractivity contribution in [1.82, 2.24) is 15.1 Å². The third-order valence-electron chi connectivity index (χ3n) is 6.44. The average Bonchev–Trinajstić information content (AvgIpc) is 2.97. The van der Waals surface area contributed by atoms with Crippen LogP contribution in [-0.2, 0) is 17.6 Å². The highest BCUT2D eigenvalue weighted by Gasteiger charge is 2.26. The van der Waals surface area contributed by atoms with Crippen LogP contribution in [-0.4, -0.2) is 60.4 Å². The highest BCUT2D eigenvalue weighted by atomic mass is 16.2. The molecule has 2 amide bonds. The van der Waals surface area contributed by atoms with Crippen LogP contribution >= 0.6 is 0 Å². The first-order chi connectivity index (χ1) is 14.6. The highest BCUT2D eigenvalue weighted by Crippen LogP contribution is 2.17. The number of piperidine rings is 1. The maximum atomic E-state index is 12.8. The first kappa shape index (κ1) is 20.6. The average molecular weight is 406 g/mol. The van der Waals surface area contributed by atoms with Crippen LogP contribution in [0.1, 0.15) is 39.9 Å². The van der Waals surface area contributed by atoms with E-state index >= 15 is 0 Å². The smallest absolute Gasteiger partial charge is 0.251 e. The van der Waals surface area contributed by atoms with Crippen molar-refractivity contribution in [2.45, 2.75) is 38.6 Å². The summed E-state index contributed by atoms with van der Waals surface area (Å²) in [6, 6.07) is 16.4. The molecule has 4 rings (SSSR count). The van der Waals surface area contributed by atoms with Crippen molar-refractivity contribution < 1.29 is 9.59 Å². The standard InChI is InChI=1S/C25H31N3O2/c1-19-6-2-5-9-23(19)25(30)26-22-12-16-28(17-13-22)24(29)18-27-14-10-20-7-3-4-8-21(20)11-15-27/h2-9,22H,10-18H2,1H3,(H,26,30). The molecule has 0 radical (unpaired) electrons. The molecular formula is C25H31N3O2. The summed E-state index contributed by atoms with van der Waals surface area (Å²) in [6.45, 7) is 5.75. The number of carbonyl (C=O) groups excluding carboxylic acids is 2. The van der Waals surface area contributed by atoms with Gasteiger partial charge in [-0.25, -0.2) is 0 Å². The molecule has 0 atom stereocenters. The second kappa shape index (κ2) is 9.43. The second-order valence-electron chi connectivity index (χ2n) is 8.49. The van der Waals surface area contributed by atoms with E-state index < -0.39 is 0 Å². The number of fused-ring (bicyclic) bond motifs is 1. The molecule has 0 aliphatic carbocycles. The zero-order valence-corrected chi connectivity index (χ0v) is 17.8. The molecule has 158 valence electrons. The number of nitrogens with one attached hydrogen (secondary N) is 1. The topological polar surface area (TPSA) is 52.7 Å². The second-order valence-corrected chi connectivity index (χ2v) is 8.49. The minimum atomic E-state index is -0.0120. The molecule has 0 bridgehead atoms. The maximum Gasteiger partial charge on any atom is 0.251 e. The fraction of sp³-hybridized carbons (Fsp3) is 0.440. The quantitative estimate of drug-likeness (QED) is 0.851. The van der Waals surface area contributed by atoms with Gasteiger partial charge in [-0.05, 0) is 55.4 Å². The first-order valence-electron chi connectivity index (χ1n) is 11.0. The van der Waals surface area contributed by atoms with Gasteiger partial charge in [0.15, 0.2) is 0 Å². The minimum Gasteiger partial charge on any atom is -0.349 e. The third kappa shape index (κ3) is 4.90. The Morgan fingerprint density at radius 1 is 0.900 bits per heavy atom. The van der Waals surface area contributed by atoms with Gasteiger partial charge in [-0.1, -0.05) is 42.5 Å². The number of benzene rings is 2. The van der Waals surface area contributed by atoms with Gasteiger partial charge in [-0.15, -0.1) is 0 Å². The van der Waals surface area contributed by atoms with E-state index in [4.69, 9.17) is 0 Å². The third-order valence-corrected chi connectivity index (χ3v) is 6.44. The van der Waals surface area contributed by atoms with Gasteiger partial charge in [0.1, 0.15) is 0 Å². The summed E-state index contributed by atoms with van der Waals surface area (Å²) < 4.78 is 0. The van der Waals surface area contributed by atoms with Crippen LogP contribution in [0, 0.1) is 6.92 Å². The van der Waals surface area contributed by atoms with Gasteiger partial charge in [0.25, 0.3) is 5.91 Å². The van der Waals surface area contributed by atoms with Crippen molar-refractivity contribution in [2.75, 3.05) is 32.7 Å². The van der Waals surface area contributed by atoms with E-state index in [1.165, 1.54) is 11.1 Å². The minimum absolute atomic E-state index is 0.0120. The highest BCUT2D eigenvalue weighted by molar-refractivity contribution is 5.95. The van der Waals surface area contributed by atoms with Gasteiger partial charge in [0.05, 0.1) is 6.54 Å². The van der Waals surface area contributed by atoms with Gasteiger partial charge in [0, 0.05) is 37.8 Å². The summed E-state index contributed by atoms with van der Waals surface area (Å²) in [4.78, 5) is 29.6. The lowest BCUT2D eigenvalue weighted by molar-refractivity contribution is -0.133. The van der Waals surface area contributed by atoms with Crippen LogP contribution in [0.15, 0.2) is 48.5 Å². The molecule has 2 aliphatic heterocycles. The molecule has 2 aromatic carbocycles. The van der Waals surface area contributed by atoms with Gasteiger partial charge >= 0.3 is 0 Å². The Morgan fingerprint density at radius 2 is 1.50 bits per heavy atom. The summed E-state index contributed by atoms with van der Waals surface area (Å²) >= 11 is 0. The zero-order chi connectivity index (χ0) is 20.9. The van der Waals surface area contributed by atoms with Crippen LogP contribution in [0.4, 0.5) is 0 Å². The lowest BCUT2D eigenvalue weighted by atomic mass is 10.0. The normalized spacial score (nSPS) is 17.8. The van der Waals surface area contributed by atoms with Crippen LogP contribution in [0.3, 0.4) is 0 Å². The summed E-state index contributed by atoms with van der Waals surface area (Å²) in [6.07, 6.45) is 3.65. The van der Waals surface area contributed by atoms with Crippen LogP contribution in [0.5, 0.6) is 0 Å². The summed E-state index contributed by atoms with van der Waals surface area (Å²) in [5.74, 6) is 0.201. The van der Waals surface area contributed by atoms with Crippen molar-refractivity contribution in [3.8, 4) is 0 Å². The maximum absolute atomic E-state index is 12.8. The molecule has 2 heterocycles. The van der Waals surface area contributed by atoms with Crippen molar-refractivity contribution >= 4 is 11.8 Å². The Labute approximate surface area is 179 Å². The number of aryl methyl sites for hydroxylation is 1. The number of rotatable bonds is 4. The van der Waals surface area contributed by atoms with E-state index in [-0.39, 0.29) is 17.9 Å². The van der Waals surface area contributed by atoms with E-state index in [1.807, 2.05) is 36.1 Å². The predicted octanol–water partition coefficient (Wildman–Crippen LogP) is 2.82. The number of carbonyl (C=O) groups is 2. The van der Waals surface area contributed by atoms with Gasteiger partial charge in [-0.3, -0.25) is 14.5 Å². The van der Waals surface area contributed by atoms with Gasteiger partial charge in [-0.2, -0.15) is 0 Å². The predicted molar refractivity (Wildman–Crippen MR) is 119 cm³/mol. The fourth-order valence-electron chi connectivity index (χ4n) is 4.53. The monoisotopic (exact) mass is 405 g/mol. The molecule has 5 nitrogen and oxygen atoms in total. The van der Waals surface area contributed by atoms with Gasteiger partial charge < -0.3 is 10.2 Å².